The Bertz CT molecular complexity index is 1040. The van der Waals surface area contributed by atoms with Crippen LogP contribution in [0.15, 0.2) is 23.4 Å². The van der Waals surface area contributed by atoms with Crippen LogP contribution in [0.2, 0.25) is 0 Å². The van der Waals surface area contributed by atoms with E-state index in [4.69, 9.17) is 9.47 Å². The van der Waals surface area contributed by atoms with Crippen LogP contribution >= 0.6 is 0 Å². The quantitative estimate of drug-likeness (QED) is 0.673. The van der Waals surface area contributed by atoms with E-state index in [2.05, 4.69) is 11.8 Å². The monoisotopic (exact) mass is 438 g/mol. The second-order valence-electron chi connectivity index (χ2n) is 9.59. The first-order chi connectivity index (χ1) is 15.3. The van der Waals surface area contributed by atoms with E-state index in [1.165, 1.54) is 5.56 Å². The number of nitrogens with zero attached hydrogens (tertiary/aromatic N) is 2. The molecule has 1 amide bonds. The Labute approximate surface area is 188 Å². The summed E-state index contributed by atoms with van der Waals surface area (Å²) in [6.45, 7) is 9.45. The largest absolute Gasteiger partial charge is 0.457 e. The Hall–Kier alpha value is -2.67. The van der Waals surface area contributed by atoms with Crippen LogP contribution in [0, 0.1) is 12.3 Å². The zero-order chi connectivity index (χ0) is 22.6. The molecule has 1 aromatic carbocycles. The lowest BCUT2D eigenvalue weighted by Gasteiger charge is -2.38. The van der Waals surface area contributed by atoms with Crippen molar-refractivity contribution in [2.24, 2.45) is 5.41 Å². The van der Waals surface area contributed by atoms with Gasteiger partial charge in [0.1, 0.15) is 12.7 Å². The molecule has 4 aliphatic heterocycles. The van der Waals surface area contributed by atoms with Gasteiger partial charge in [0, 0.05) is 18.7 Å². The number of carbonyl (C=O) groups is 3. The summed E-state index contributed by atoms with van der Waals surface area (Å²) in [5, 5.41) is 0. The first kappa shape index (κ1) is 21.2. The average Bonchev–Trinajstić information content (AvgIpc) is 3.38. The summed E-state index contributed by atoms with van der Waals surface area (Å²) in [6.07, 6.45) is 3.11. The molecule has 0 saturated carbocycles. The third-order valence-corrected chi connectivity index (χ3v) is 7.95. The normalized spacial score (nSPS) is 25.0. The highest BCUT2D eigenvalue weighted by atomic mass is 16.5. The zero-order valence-electron chi connectivity index (χ0n) is 19.0. The third kappa shape index (κ3) is 3.25. The van der Waals surface area contributed by atoms with Crippen molar-refractivity contribution in [1.82, 2.24) is 9.80 Å². The Morgan fingerprint density at radius 2 is 1.75 bits per heavy atom. The van der Waals surface area contributed by atoms with Gasteiger partial charge in [0.05, 0.1) is 22.2 Å². The lowest BCUT2D eigenvalue weighted by molar-refractivity contribution is -0.141. The molecule has 5 rings (SSSR count). The van der Waals surface area contributed by atoms with E-state index in [0.717, 1.165) is 62.1 Å². The van der Waals surface area contributed by atoms with E-state index >= 15 is 0 Å². The maximum atomic E-state index is 13.4. The fourth-order valence-electron chi connectivity index (χ4n) is 5.80. The maximum absolute atomic E-state index is 13.4. The molecule has 0 radical (unpaired) electrons. The van der Waals surface area contributed by atoms with Gasteiger partial charge in [0.25, 0.3) is 0 Å². The van der Waals surface area contributed by atoms with Crippen molar-refractivity contribution >= 4 is 17.8 Å². The molecule has 170 valence electrons. The molecule has 32 heavy (non-hydrogen) atoms. The van der Waals surface area contributed by atoms with Crippen LogP contribution in [-0.2, 0) is 32.1 Å². The van der Waals surface area contributed by atoms with Gasteiger partial charge in [-0.2, -0.15) is 0 Å². The Balaban J connectivity index is 1.20. The predicted molar refractivity (Wildman–Crippen MR) is 117 cm³/mol. The summed E-state index contributed by atoms with van der Waals surface area (Å²) < 4.78 is 10.5. The summed E-state index contributed by atoms with van der Waals surface area (Å²) in [5.74, 6) is -0.371. The third-order valence-electron chi connectivity index (χ3n) is 7.95. The van der Waals surface area contributed by atoms with Crippen LogP contribution in [0.3, 0.4) is 0 Å². The fraction of sp³-hybridized carbons (Fsp3) is 0.560. The van der Waals surface area contributed by atoms with Crippen molar-refractivity contribution in [3.8, 4) is 0 Å². The highest BCUT2D eigenvalue weighted by molar-refractivity contribution is 5.95. The number of benzene rings is 1. The number of likely N-dealkylation sites (tertiary alicyclic amines) is 2. The minimum absolute atomic E-state index is 0.163. The minimum atomic E-state index is -0.349. The number of esters is 2. The molecule has 1 aromatic rings. The summed E-state index contributed by atoms with van der Waals surface area (Å²) >= 11 is 0. The Morgan fingerprint density at radius 3 is 2.44 bits per heavy atom. The highest BCUT2D eigenvalue weighted by Crippen LogP contribution is 2.44. The Morgan fingerprint density at radius 1 is 1.03 bits per heavy atom. The molecule has 1 atom stereocenters. The number of rotatable bonds is 4. The molecule has 0 aromatic heterocycles. The minimum Gasteiger partial charge on any atom is -0.457 e. The summed E-state index contributed by atoms with van der Waals surface area (Å²) in [5.41, 5.74) is 5.16. The number of cyclic esters (lactones) is 2. The van der Waals surface area contributed by atoms with E-state index < -0.39 is 0 Å². The van der Waals surface area contributed by atoms with Gasteiger partial charge in [-0.25, -0.2) is 9.59 Å². The number of amides is 1. The molecule has 0 aliphatic carbocycles. The van der Waals surface area contributed by atoms with Gasteiger partial charge in [-0.1, -0.05) is 6.07 Å². The van der Waals surface area contributed by atoms with Crippen molar-refractivity contribution in [2.45, 2.75) is 59.2 Å². The van der Waals surface area contributed by atoms with E-state index in [9.17, 15) is 14.4 Å². The molecule has 2 fully saturated rings. The lowest BCUT2D eigenvalue weighted by Crippen LogP contribution is -2.45. The van der Waals surface area contributed by atoms with Crippen molar-refractivity contribution in [3.63, 3.8) is 0 Å². The molecule has 2 saturated heterocycles. The van der Waals surface area contributed by atoms with Crippen molar-refractivity contribution in [3.05, 3.63) is 45.7 Å². The standard InChI is InChI=1S/C25H30N2O5/c1-15-18(4-5-19-20(15)14-31-23(19)29)6-10-26-11-7-25(8-12-26)9-13-27(24(25)30)21-16(2)22(28)32-17(21)3/h4-5,17H,6-14H2,1-3H3. The number of ether oxygens (including phenoxy) is 2. The van der Waals surface area contributed by atoms with Gasteiger partial charge in [-0.15, -0.1) is 0 Å². The van der Waals surface area contributed by atoms with Gasteiger partial charge in [0.2, 0.25) is 5.91 Å². The average molecular weight is 439 g/mol. The van der Waals surface area contributed by atoms with Crippen LogP contribution in [0.5, 0.6) is 0 Å². The van der Waals surface area contributed by atoms with E-state index in [-0.39, 0.29) is 29.4 Å². The Kier molecular flexibility index (Phi) is 5.12. The number of piperidine rings is 1. The summed E-state index contributed by atoms with van der Waals surface area (Å²) in [7, 11) is 0. The molecule has 4 heterocycles. The van der Waals surface area contributed by atoms with Gasteiger partial charge in [0.15, 0.2) is 0 Å². The van der Waals surface area contributed by atoms with E-state index in [0.29, 0.717) is 24.3 Å². The van der Waals surface area contributed by atoms with Gasteiger partial charge in [-0.3, -0.25) is 4.79 Å². The van der Waals surface area contributed by atoms with Gasteiger partial charge < -0.3 is 19.3 Å². The van der Waals surface area contributed by atoms with E-state index in [1.807, 2.05) is 24.0 Å². The molecule has 7 nitrogen and oxygen atoms in total. The summed E-state index contributed by atoms with van der Waals surface area (Å²) in [6, 6.07) is 3.94. The molecular formula is C25H30N2O5. The van der Waals surface area contributed by atoms with Crippen LogP contribution in [0.4, 0.5) is 0 Å². The first-order valence-electron chi connectivity index (χ1n) is 11.6. The first-order valence-corrected chi connectivity index (χ1v) is 11.6. The fourth-order valence-corrected chi connectivity index (χ4v) is 5.80. The number of carbonyl (C=O) groups excluding carboxylic acids is 3. The van der Waals surface area contributed by atoms with Gasteiger partial charge in [-0.05, 0) is 76.7 Å². The zero-order valence-corrected chi connectivity index (χ0v) is 19.0. The molecule has 0 N–H and O–H groups in total. The van der Waals surface area contributed by atoms with Crippen molar-refractivity contribution in [2.75, 3.05) is 26.2 Å². The SMILES string of the molecule is CC1=C(N2CCC3(CCN(CCc4ccc5c(c4C)COC5=O)CC3)C2=O)C(C)OC1=O. The predicted octanol–water partition coefficient (Wildman–Crippen LogP) is 2.74. The summed E-state index contributed by atoms with van der Waals surface area (Å²) in [4.78, 5) is 41.3. The molecular weight excluding hydrogens is 408 g/mol. The van der Waals surface area contributed by atoms with E-state index in [1.54, 1.807) is 6.92 Å². The van der Waals surface area contributed by atoms with Crippen LogP contribution in [0.25, 0.3) is 0 Å². The van der Waals surface area contributed by atoms with Crippen LogP contribution in [0.1, 0.15) is 60.2 Å². The maximum Gasteiger partial charge on any atom is 0.338 e. The topological polar surface area (TPSA) is 76.2 Å². The second kappa shape index (κ2) is 7.73. The number of hydrogen-bond acceptors (Lipinski definition) is 6. The van der Waals surface area contributed by atoms with Crippen molar-refractivity contribution in [1.29, 1.82) is 0 Å². The van der Waals surface area contributed by atoms with Crippen LogP contribution in [-0.4, -0.2) is 59.9 Å². The highest BCUT2D eigenvalue weighted by Gasteiger charge is 2.51. The lowest BCUT2D eigenvalue weighted by atomic mass is 9.77. The number of hydrogen-bond donors (Lipinski definition) is 0. The van der Waals surface area contributed by atoms with Crippen LogP contribution < -0.4 is 0 Å². The molecule has 1 unspecified atom stereocenters. The van der Waals surface area contributed by atoms with Crippen molar-refractivity contribution < 1.29 is 23.9 Å². The smallest absolute Gasteiger partial charge is 0.338 e. The molecule has 0 bridgehead atoms. The number of fused-ring (bicyclic) bond motifs is 1. The second-order valence-corrected chi connectivity index (χ2v) is 9.59. The molecule has 7 heteroatoms. The van der Waals surface area contributed by atoms with Gasteiger partial charge >= 0.3 is 11.9 Å². The molecule has 1 spiro atoms. The molecule has 4 aliphatic rings.